The van der Waals surface area contributed by atoms with Gasteiger partial charge in [-0.05, 0) is 24.6 Å². The number of carbonyl (C=O) groups is 1. The summed E-state index contributed by atoms with van der Waals surface area (Å²) in [5.41, 5.74) is 5.35. The predicted octanol–water partition coefficient (Wildman–Crippen LogP) is 3.18. The van der Waals surface area contributed by atoms with Gasteiger partial charge in [-0.2, -0.15) is 0 Å². The molecule has 2 N–H and O–H groups in total. The van der Waals surface area contributed by atoms with Gasteiger partial charge in [0.05, 0.1) is 25.6 Å². The number of nitrogen functional groups attached to an aromatic ring is 1. The Morgan fingerprint density at radius 3 is 2.81 bits per heavy atom. The minimum absolute atomic E-state index is 0.0460. The van der Waals surface area contributed by atoms with Gasteiger partial charge in [0.2, 0.25) is 0 Å². The van der Waals surface area contributed by atoms with Crippen LogP contribution in [-0.2, 0) is 32.3 Å². The molecule has 13 nitrogen and oxygen atoms in total. The fraction of sp³-hybridized carbons (Fsp3) is 0.429. The number of phosphoric ester groups is 1. The quantitative estimate of drug-likeness (QED) is 0.373. The monoisotopic (exact) mass is 539 g/mol. The van der Waals surface area contributed by atoms with Crippen LogP contribution in [0, 0.1) is 11.6 Å². The minimum atomic E-state index is -4.18. The zero-order valence-electron chi connectivity index (χ0n) is 19.2. The molecule has 0 radical (unpaired) electrons. The number of phosphoric acid groups is 1. The molecular weight excluding hydrogens is 519 g/mol. The summed E-state index contributed by atoms with van der Waals surface area (Å²) in [5, 5.41) is 0. The van der Waals surface area contributed by atoms with Crippen molar-refractivity contribution < 1.29 is 45.9 Å². The number of hydrogen-bond acceptors (Lipinski definition) is 12. The fourth-order valence-electron chi connectivity index (χ4n) is 4.73. The lowest BCUT2D eigenvalue weighted by Crippen LogP contribution is -2.42. The number of halogens is 2. The van der Waals surface area contributed by atoms with Crippen LogP contribution in [0.15, 0.2) is 30.9 Å². The molecule has 3 fully saturated rings. The minimum Gasteiger partial charge on any atom is -0.424 e. The van der Waals surface area contributed by atoms with Gasteiger partial charge in [-0.15, -0.1) is 0 Å². The third-order valence-electron chi connectivity index (χ3n) is 6.40. The van der Waals surface area contributed by atoms with Gasteiger partial charge in [0.15, 0.2) is 29.4 Å². The predicted molar refractivity (Wildman–Crippen MR) is 118 cm³/mol. The maximum atomic E-state index is 13.7. The number of nitrogens with zero attached hydrogens (tertiary/aromatic N) is 4. The average molecular weight is 539 g/mol. The molecule has 0 saturated carbocycles. The second kappa shape index (κ2) is 8.67. The highest BCUT2D eigenvalue weighted by atomic mass is 31.2. The highest BCUT2D eigenvalue weighted by Gasteiger charge is 2.64. The average Bonchev–Trinajstić information content (AvgIpc) is 3.47. The first-order valence-corrected chi connectivity index (χ1v) is 12.6. The summed E-state index contributed by atoms with van der Waals surface area (Å²) in [6.07, 6.45) is -1.88. The molecule has 3 aliphatic heterocycles. The van der Waals surface area contributed by atoms with Crippen LogP contribution in [0.2, 0.25) is 0 Å². The summed E-state index contributed by atoms with van der Waals surface area (Å²) < 4.78 is 75.3. The van der Waals surface area contributed by atoms with E-state index in [1.54, 1.807) is 6.92 Å². The number of nitrogens with two attached hydrogens (primary N) is 1. The Morgan fingerprint density at radius 2 is 2.03 bits per heavy atom. The van der Waals surface area contributed by atoms with Crippen LogP contribution in [-0.4, -0.2) is 56.7 Å². The van der Waals surface area contributed by atoms with E-state index < -0.39 is 62.4 Å². The summed E-state index contributed by atoms with van der Waals surface area (Å²) in [7, 11) is -4.18. The number of anilines is 1. The van der Waals surface area contributed by atoms with E-state index >= 15 is 0 Å². The van der Waals surface area contributed by atoms with Crippen molar-refractivity contribution >= 4 is 31.0 Å². The van der Waals surface area contributed by atoms with Gasteiger partial charge in [-0.25, -0.2) is 33.1 Å². The van der Waals surface area contributed by atoms with Gasteiger partial charge in [-0.3, -0.25) is 18.1 Å². The molecule has 1 aromatic carbocycles. The first-order valence-electron chi connectivity index (χ1n) is 11.2. The summed E-state index contributed by atoms with van der Waals surface area (Å²) in [6, 6.07) is 2.89. The maximum Gasteiger partial charge on any atom is 0.509 e. The molecule has 0 aliphatic carbocycles. The van der Waals surface area contributed by atoms with Gasteiger partial charge in [0, 0.05) is 12.5 Å². The molecule has 37 heavy (non-hydrogen) atoms. The lowest BCUT2D eigenvalue weighted by atomic mass is 9.96. The van der Waals surface area contributed by atoms with Crippen LogP contribution in [0.4, 0.5) is 19.4 Å². The van der Waals surface area contributed by atoms with Gasteiger partial charge in [0.25, 0.3) is 0 Å². The summed E-state index contributed by atoms with van der Waals surface area (Å²) in [6.45, 7) is 1.17. The molecule has 16 heteroatoms. The first-order chi connectivity index (χ1) is 17.6. The summed E-state index contributed by atoms with van der Waals surface area (Å²) >= 11 is 0. The second-order valence-electron chi connectivity index (χ2n) is 8.85. The molecule has 0 bridgehead atoms. The smallest absolute Gasteiger partial charge is 0.424 e. The molecule has 6 rings (SSSR count). The molecule has 196 valence electrons. The van der Waals surface area contributed by atoms with Crippen molar-refractivity contribution in [2.75, 3.05) is 18.9 Å². The van der Waals surface area contributed by atoms with Crippen LogP contribution in [0.25, 0.3) is 11.2 Å². The van der Waals surface area contributed by atoms with E-state index in [0.29, 0.717) is 11.2 Å². The number of benzene rings is 1. The van der Waals surface area contributed by atoms with Crippen molar-refractivity contribution in [3.05, 3.63) is 48.1 Å². The zero-order chi connectivity index (χ0) is 25.9. The van der Waals surface area contributed by atoms with Crippen molar-refractivity contribution in [2.45, 2.75) is 43.5 Å². The number of rotatable bonds is 5. The van der Waals surface area contributed by atoms with E-state index in [9.17, 15) is 18.1 Å². The number of fused-ring (bicyclic) bond motifs is 2. The number of imidazole rings is 1. The molecule has 3 aliphatic rings. The summed E-state index contributed by atoms with van der Waals surface area (Å²) in [4.78, 5) is 24.4. The highest BCUT2D eigenvalue weighted by Crippen LogP contribution is 2.58. The molecular formula is C21H20F2N5O8P. The van der Waals surface area contributed by atoms with Crippen molar-refractivity contribution in [1.29, 1.82) is 0 Å². The van der Waals surface area contributed by atoms with E-state index in [1.165, 1.54) is 17.2 Å². The van der Waals surface area contributed by atoms with Gasteiger partial charge < -0.3 is 19.9 Å². The fourth-order valence-corrected chi connectivity index (χ4v) is 6.13. The standard InChI is InChI=1S/C21H20F2N5O8P/c1-21-16(34-20(29)35-21)14(33-19(21)28-9-27-15-17(24)25-8-26-18(15)28)7-32-37(30)31-3-2-13(36-37)10-4-11(22)6-12(23)5-10/h4-6,8-9,13-14,16,19H,2-3,7H2,1H3,(H2,24,25,26)/t13?,14-,16-,19-,21-,37+/m1/s1. The van der Waals surface area contributed by atoms with Crippen LogP contribution in [0.3, 0.4) is 0 Å². The lowest BCUT2D eigenvalue weighted by Gasteiger charge is -2.30. The van der Waals surface area contributed by atoms with Gasteiger partial charge >= 0.3 is 14.0 Å². The number of carbonyl (C=O) groups excluding carboxylic acids is 1. The molecule has 3 aromatic rings. The van der Waals surface area contributed by atoms with Gasteiger partial charge in [-0.1, -0.05) is 0 Å². The largest absolute Gasteiger partial charge is 0.509 e. The Kier molecular flexibility index (Phi) is 5.65. The molecule has 1 unspecified atom stereocenters. The van der Waals surface area contributed by atoms with Crippen LogP contribution < -0.4 is 5.73 Å². The molecule has 2 aromatic heterocycles. The van der Waals surface area contributed by atoms with Crippen LogP contribution in [0.5, 0.6) is 0 Å². The first kappa shape index (κ1) is 24.1. The SMILES string of the molecule is C[C@@]12OC(=O)O[C@@H]1[C@@H](CO[P@]1(=O)OCCC(c3cc(F)cc(F)c3)O1)O[C@H]2n1cnc2c(N)ncnc21. The normalized spacial score (nSPS) is 33.3. The highest BCUT2D eigenvalue weighted by molar-refractivity contribution is 7.48. The Morgan fingerprint density at radius 1 is 1.24 bits per heavy atom. The topological polar surface area (TPSA) is 159 Å². The molecule has 0 spiro atoms. The molecule has 3 saturated heterocycles. The van der Waals surface area contributed by atoms with E-state index in [2.05, 4.69) is 15.0 Å². The lowest BCUT2D eigenvalue weighted by molar-refractivity contribution is -0.0926. The molecule has 0 amide bonds. The van der Waals surface area contributed by atoms with Crippen molar-refractivity contribution in [3.8, 4) is 0 Å². The maximum absolute atomic E-state index is 13.7. The van der Waals surface area contributed by atoms with E-state index in [4.69, 9.17) is 33.5 Å². The van der Waals surface area contributed by atoms with Crippen molar-refractivity contribution in [2.24, 2.45) is 0 Å². The molecule has 5 heterocycles. The Labute approximate surface area is 207 Å². The summed E-state index contributed by atoms with van der Waals surface area (Å²) in [5.74, 6) is -1.44. The number of ether oxygens (including phenoxy) is 3. The third-order valence-corrected chi connectivity index (χ3v) is 7.88. The van der Waals surface area contributed by atoms with Crippen molar-refractivity contribution in [3.63, 3.8) is 0 Å². The molecule has 6 atom stereocenters. The zero-order valence-corrected chi connectivity index (χ0v) is 20.0. The van der Waals surface area contributed by atoms with E-state index in [0.717, 1.165) is 18.2 Å². The Bertz CT molecular complexity index is 1420. The van der Waals surface area contributed by atoms with Gasteiger partial charge in [0.1, 0.15) is 29.6 Å². The van der Waals surface area contributed by atoms with E-state index in [-0.39, 0.29) is 24.4 Å². The van der Waals surface area contributed by atoms with Crippen LogP contribution in [0.1, 0.15) is 31.2 Å². The number of hydrogen-bond donors (Lipinski definition) is 1. The second-order valence-corrected chi connectivity index (χ2v) is 10.5. The number of aromatic nitrogens is 4. The Hall–Kier alpha value is -3.23. The van der Waals surface area contributed by atoms with E-state index in [1.807, 2.05) is 0 Å². The Balaban J connectivity index is 1.22. The third kappa shape index (κ3) is 4.12. The van der Waals surface area contributed by atoms with Crippen LogP contribution >= 0.6 is 7.82 Å². The van der Waals surface area contributed by atoms with Crippen molar-refractivity contribution in [1.82, 2.24) is 19.5 Å².